The monoisotopic (exact) mass is 1760 g/mol. The van der Waals surface area contributed by atoms with E-state index in [0.717, 1.165) is 148 Å². The summed E-state index contributed by atoms with van der Waals surface area (Å²) in [5.41, 5.74) is 20.2. The molecule has 0 saturated heterocycles. The summed E-state index contributed by atoms with van der Waals surface area (Å²) >= 11 is 0. The Labute approximate surface area is 745 Å². The third-order valence-corrected chi connectivity index (χ3v) is 22.4. The summed E-state index contributed by atoms with van der Waals surface area (Å²) in [6.07, 6.45) is 31.1. The third kappa shape index (κ3) is 30.3. The number of ether oxygens (including phenoxy) is 3. The predicted molar refractivity (Wildman–Crippen MR) is 473 cm³/mol. The Morgan fingerprint density at radius 3 is 1.69 bits per heavy atom. The van der Waals surface area contributed by atoms with E-state index in [1.165, 1.54) is 81.5 Å². The summed E-state index contributed by atoms with van der Waals surface area (Å²) in [6, 6.07) is 52.7. The van der Waals surface area contributed by atoms with Crippen LogP contribution in [0, 0.1) is 5.92 Å². The Morgan fingerprint density at radius 1 is 0.595 bits per heavy atom. The van der Waals surface area contributed by atoms with Gasteiger partial charge in [0.15, 0.2) is 11.9 Å². The molecule has 23 heteroatoms. The van der Waals surface area contributed by atoms with Gasteiger partial charge in [0, 0.05) is 144 Å². The first-order valence-corrected chi connectivity index (χ1v) is 43.5. The zero-order valence-electron chi connectivity index (χ0n) is 73.3. The van der Waals surface area contributed by atoms with Crippen LogP contribution in [-0.2, 0) is 120 Å². The minimum atomic E-state index is -3.11. The number of nitrogens with one attached hydrogen (secondary N) is 2. The number of carbonyl (C=O) groups is 3. The average Bonchev–Trinajstić information content (AvgIpc) is 1.58. The molecule has 2 atom stereocenters. The van der Waals surface area contributed by atoms with Crippen molar-refractivity contribution in [3.63, 3.8) is 0 Å². The summed E-state index contributed by atoms with van der Waals surface area (Å²) in [4.78, 5) is 62.0. The van der Waals surface area contributed by atoms with Crippen LogP contribution in [0.5, 0.6) is 17.2 Å². The fraction of sp³-hybridized carbons (Fsp3) is 0.429. The normalized spacial score (nSPS) is 14.8. The number of pyridine rings is 4. The Hall–Kier alpha value is -9.36. The number of halogens is 1. The molecular formula is C98H124FN10O9SZn2+5. The van der Waals surface area contributed by atoms with Crippen LogP contribution in [0.1, 0.15) is 214 Å². The molecule has 3 aliphatic rings. The number of unbranched alkanes of at least 4 members (excludes halogenated alkanes) is 6. The minimum Gasteiger partial charge on any atom is -0.497 e. The van der Waals surface area contributed by atoms with E-state index in [4.69, 9.17) is 26.8 Å². The second-order valence-electron chi connectivity index (χ2n) is 32.2. The number of anilines is 1. The number of fused-ring (bicyclic) bond motifs is 2. The Morgan fingerprint density at radius 2 is 1.16 bits per heavy atom. The van der Waals surface area contributed by atoms with Gasteiger partial charge in [0.2, 0.25) is 11.6 Å². The minimum absolute atomic E-state index is 0. The topological polar surface area (TPSA) is 218 Å². The smallest absolute Gasteiger partial charge is 0.497 e. The van der Waals surface area contributed by atoms with Crippen LogP contribution < -0.4 is 29.7 Å². The summed E-state index contributed by atoms with van der Waals surface area (Å²) < 4.78 is 58.8. The van der Waals surface area contributed by atoms with E-state index < -0.39 is 22.7 Å². The van der Waals surface area contributed by atoms with Crippen molar-refractivity contribution in [3.05, 3.63) is 274 Å². The van der Waals surface area contributed by atoms with Crippen molar-refractivity contribution in [3.8, 4) is 17.2 Å². The van der Waals surface area contributed by atoms with E-state index >= 15 is 0 Å². The van der Waals surface area contributed by atoms with Crippen LogP contribution >= 0.6 is 0 Å². The first-order valence-electron chi connectivity index (χ1n) is 42.5. The van der Waals surface area contributed by atoms with E-state index in [9.17, 15) is 18.8 Å². The van der Waals surface area contributed by atoms with E-state index in [1.807, 2.05) is 80.2 Å². The van der Waals surface area contributed by atoms with Gasteiger partial charge in [-0.05, 0) is 233 Å². The van der Waals surface area contributed by atoms with E-state index in [-0.39, 0.29) is 67.4 Å². The molecule has 0 saturated carbocycles. The molecule has 121 heavy (non-hydrogen) atoms. The molecule has 2 aliphatic heterocycles. The van der Waals surface area contributed by atoms with Gasteiger partial charge in [-0.25, -0.2) is 4.39 Å². The molecule has 2 amide bonds. The second-order valence-corrected chi connectivity index (χ2v) is 32.6. The van der Waals surface area contributed by atoms with Gasteiger partial charge in [-0.1, -0.05) is 121 Å². The summed E-state index contributed by atoms with van der Waals surface area (Å²) in [5.74, 6) is 2.35. The largest absolute Gasteiger partial charge is 2.00 e. The van der Waals surface area contributed by atoms with E-state index in [1.54, 1.807) is 21.3 Å². The van der Waals surface area contributed by atoms with Gasteiger partial charge in [-0.3, -0.25) is 44.1 Å². The summed E-state index contributed by atoms with van der Waals surface area (Å²) in [7, 11) is 2.10. The number of hydrogen-bond acceptors (Lipinski definition) is 16. The van der Waals surface area contributed by atoms with Crippen molar-refractivity contribution in [2.24, 2.45) is 5.92 Å². The molecule has 11 rings (SSSR count). The van der Waals surface area contributed by atoms with Crippen molar-refractivity contribution in [2.45, 2.75) is 221 Å². The van der Waals surface area contributed by atoms with Crippen LogP contribution in [-0.4, -0.2) is 124 Å². The molecule has 0 radical (unpaired) electrons. The summed E-state index contributed by atoms with van der Waals surface area (Å²) in [5, 5.41) is 5.35. The van der Waals surface area contributed by atoms with Crippen LogP contribution in [0.3, 0.4) is 0 Å². The quantitative estimate of drug-likeness (QED) is 0.0206. The van der Waals surface area contributed by atoms with Crippen LogP contribution in [0.2, 0.25) is 0 Å². The Bertz CT molecular complexity index is 4690. The van der Waals surface area contributed by atoms with Crippen LogP contribution in [0.25, 0.3) is 5.57 Å². The zero-order chi connectivity index (χ0) is 85.1. The van der Waals surface area contributed by atoms with Crippen molar-refractivity contribution >= 4 is 50.9 Å². The number of Topliss-reactive ketones (excluding diaryl/α,β-unsaturated/α-hetero) is 1. The molecule has 0 fully saturated rings. The van der Waals surface area contributed by atoms with Crippen molar-refractivity contribution in [1.29, 1.82) is 0 Å². The molecule has 0 spiro atoms. The number of aryl methyl sites for hydroxylation is 1. The van der Waals surface area contributed by atoms with Gasteiger partial charge in [-0.15, -0.1) is 12.6 Å². The fourth-order valence-corrected chi connectivity index (χ4v) is 15.9. The first kappa shape index (κ1) is 98.7. The molecule has 19 nitrogen and oxygen atoms in total. The maximum Gasteiger partial charge on any atom is 2.00 e. The number of carbonyl (C=O) groups excluding carboxylic acids is 3. The number of allylic oxidation sites excluding steroid dienone is 8. The molecule has 6 heterocycles. The number of aromatic nitrogens is 4. The third-order valence-electron chi connectivity index (χ3n) is 22.4. The van der Waals surface area contributed by atoms with Crippen molar-refractivity contribution in [1.82, 2.24) is 40.4 Å². The van der Waals surface area contributed by atoms with Gasteiger partial charge in [0.1, 0.15) is 29.6 Å². The number of ketones is 1. The number of methoxy groups -OCH3 is 2. The number of rotatable bonds is 42. The van der Waals surface area contributed by atoms with Crippen LogP contribution in [0.4, 0.5) is 15.8 Å². The molecule has 4 aromatic heterocycles. The van der Waals surface area contributed by atoms with Gasteiger partial charge in [0.25, 0.3) is 5.91 Å². The van der Waals surface area contributed by atoms with Gasteiger partial charge in [-0.2, -0.15) is 4.58 Å². The first-order chi connectivity index (χ1) is 57.5. The SMILES string of the molecule is CC([18F])C(=O)NCCCC[C@H](C)C(=O)CCCCCOc1cc(CN(Cc2ccccn2)Cc2ccccn2)cc(CN(Cc2ccccn2)Cc2ccccn2)c1.CCCCC[N+]1=C(/C=C/C2=C(c3ccc(CCC(=O)NC)cc3)C(=C/C=C3/N(CCCC)c4ccc(OC)cc4C3(C)C)/CCC2)C(C)(C)c2cc(OC)ccc21.O=S(=O)=O.[Zn+2].[Zn+2]. The molecular weight excluding hydrogens is 1640 g/mol. The Kier molecular flexibility index (Phi) is 41.5. The number of benzene rings is 4. The number of hydrogen-bond donors (Lipinski definition) is 2. The van der Waals surface area contributed by atoms with Gasteiger partial charge in [0.05, 0.1) is 49.0 Å². The standard InChI is InChI=1S/C51H65N3O3.C47H58FN7O3.O3S.2Zn/c1-10-12-14-33-54-45-28-26-41(57-9)35-43(45)51(5,6)47(54)30-24-38-17-15-16-37(49(38)39-21-18-36(19-22-39)20-31-48(55)52-7)23-29-46-50(3,4)42-34-40(56-8)25-27-44(42)53(46)32-13-11-2;1-37(16-5-10-26-53-47(57)38(2)48)46(56)21-4-3-15-27-58-45-29-39(31-54(33-41-17-6-11-22-49-41)34-42-18-7-12-23-50-42)28-40(30-45)32-55(35-43-19-8-13-24-51-43)36-44-20-9-14-25-52-44;1-4(2)3;;/h18-19,21-30,34-35H,10-17,20,31-33H2,1-9H3;6-9,11-14,17-20,22-25,28-30,37-38H,3-5,10,15-16,21,26-27,31-36H2,1-2H3,(H,53,57);;;/q;;;2*+2/p+1/t;37-,38?;;;/m.0.../s1/i;48-1;;;. The van der Waals surface area contributed by atoms with Crippen molar-refractivity contribution in [2.75, 3.05) is 52.4 Å². The predicted octanol–water partition coefficient (Wildman–Crippen LogP) is 19.0. The average molecular weight is 1770 g/mol. The molecule has 0 bridgehead atoms. The van der Waals surface area contributed by atoms with E-state index in [2.05, 4.69) is 219 Å². The molecule has 1 unspecified atom stereocenters. The molecule has 2 N–H and O–H groups in total. The number of alkyl halides is 1. The Balaban J connectivity index is 0.000000314. The zero-order valence-corrected chi connectivity index (χ0v) is 80.0. The van der Waals surface area contributed by atoms with Gasteiger partial charge < -0.3 is 29.7 Å². The summed E-state index contributed by atoms with van der Waals surface area (Å²) in [6.45, 7) is 24.1. The maximum atomic E-state index is 13.0. The molecule has 632 valence electrons. The molecule has 8 aromatic rings. The number of amides is 2. The second kappa shape index (κ2) is 50.9. The van der Waals surface area contributed by atoms with Crippen molar-refractivity contribution < 1.29 is 89.1 Å². The number of nitrogens with zero attached hydrogens (tertiary/aromatic N) is 8. The van der Waals surface area contributed by atoms with E-state index in [0.29, 0.717) is 65.3 Å². The fourth-order valence-electron chi connectivity index (χ4n) is 15.9. The maximum absolute atomic E-state index is 13.0. The van der Waals surface area contributed by atoms with Crippen LogP contribution in [0.15, 0.2) is 218 Å². The van der Waals surface area contributed by atoms with Gasteiger partial charge >= 0.3 is 49.6 Å². The molecule has 1 aliphatic carbocycles. The molecule has 4 aromatic carbocycles.